The van der Waals surface area contributed by atoms with Crippen LogP contribution in [0.15, 0.2) is 0 Å². The van der Waals surface area contributed by atoms with Crippen LogP contribution in [0, 0.1) is 20.8 Å². The van der Waals surface area contributed by atoms with Gasteiger partial charge in [0, 0.05) is 36.4 Å². The maximum Gasteiger partial charge on any atom is 0.135 e. The topological polar surface area (TPSA) is 44.3 Å². The van der Waals surface area contributed by atoms with E-state index in [1.807, 2.05) is 6.92 Å². The highest BCUT2D eigenvalue weighted by Crippen LogP contribution is 2.32. The van der Waals surface area contributed by atoms with Crippen molar-refractivity contribution >= 4 is 5.82 Å². The summed E-state index contributed by atoms with van der Waals surface area (Å²) in [6.45, 7) is 11.9. The minimum Gasteiger partial charge on any atom is -0.354 e. The molecule has 0 amide bonds. The number of likely N-dealkylation sites (N-methyl/N-ethyl adjacent to an activating group) is 1. The lowest BCUT2D eigenvalue weighted by molar-refractivity contribution is 0.0979. The van der Waals surface area contributed by atoms with Crippen LogP contribution in [0.5, 0.6) is 0 Å². The molecule has 2 aliphatic rings. The van der Waals surface area contributed by atoms with Crippen LogP contribution in [0.1, 0.15) is 36.3 Å². The SMILES string of the molecule is Cc1nc(C)c(C)c(N2CCCN(C)C3(CCNCC3)C2)n1. The van der Waals surface area contributed by atoms with Gasteiger partial charge in [-0.25, -0.2) is 9.97 Å². The Morgan fingerprint density at radius 3 is 2.50 bits per heavy atom. The number of rotatable bonds is 1. The van der Waals surface area contributed by atoms with Gasteiger partial charge in [-0.3, -0.25) is 4.90 Å². The highest BCUT2D eigenvalue weighted by Gasteiger charge is 2.39. The highest BCUT2D eigenvalue weighted by atomic mass is 15.3. The van der Waals surface area contributed by atoms with Crippen LogP contribution in [0.4, 0.5) is 5.82 Å². The minimum absolute atomic E-state index is 0.293. The molecule has 2 saturated heterocycles. The Labute approximate surface area is 134 Å². The molecular weight excluding hydrogens is 274 g/mol. The molecule has 3 heterocycles. The second-order valence-electron chi connectivity index (χ2n) is 6.98. The summed E-state index contributed by atoms with van der Waals surface area (Å²) < 4.78 is 0. The van der Waals surface area contributed by atoms with Crippen LogP contribution >= 0.6 is 0 Å². The molecule has 0 unspecified atom stereocenters. The first-order valence-electron chi connectivity index (χ1n) is 8.51. The van der Waals surface area contributed by atoms with Crippen LogP contribution in [-0.2, 0) is 0 Å². The van der Waals surface area contributed by atoms with E-state index in [-0.39, 0.29) is 0 Å². The van der Waals surface area contributed by atoms with E-state index < -0.39 is 0 Å². The largest absolute Gasteiger partial charge is 0.354 e. The first-order valence-corrected chi connectivity index (χ1v) is 8.51. The van der Waals surface area contributed by atoms with E-state index in [0.29, 0.717) is 5.54 Å². The molecule has 5 heteroatoms. The third-order valence-corrected chi connectivity index (χ3v) is 5.53. The number of hydrogen-bond donors (Lipinski definition) is 1. The molecule has 0 aromatic carbocycles. The number of aromatic nitrogens is 2. The summed E-state index contributed by atoms with van der Waals surface area (Å²) in [5.74, 6) is 2.04. The summed E-state index contributed by atoms with van der Waals surface area (Å²) in [5.41, 5.74) is 2.64. The van der Waals surface area contributed by atoms with E-state index in [2.05, 4.69) is 41.0 Å². The second-order valence-corrected chi connectivity index (χ2v) is 6.98. The molecule has 1 N–H and O–H groups in total. The van der Waals surface area contributed by atoms with Gasteiger partial charge in [0.25, 0.3) is 0 Å². The van der Waals surface area contributed by atoms with Gasteiger partial charge < -0.3 is 10.2 Å². The van der Waals surface area contributed by atoms with Crippen LogP contribution in [0.25, 0.3) is 0 Å². The van der Waals surface area contributed by atoms with E-state index in [0.717, 1.165) is 43.5 Å². The Morgan fingerprint density at radius 1 is 1.05 bits per heavy atom. The van der Waals surface area contributed by atoms with Crippen LogP contribution in [-0.4, -0.2) is 60.2 Å². The van der Waals surface area contributed by atoms with E-state index >= 15 is 0 Å². The van der Waals surface area contributed by atoms with Crippen LogP contribution in [0.3, 0.4) is 0 Å². The van der Waals surface area contributed by atoms with Crippen molar-refractivity contribution in [3.63, 3.8) is 0 Å². The summed E-state index contributed by atoms with van der Waals surface area (Å²) in [6.07, 6.45) is 3.65. The predicted molar refractivity (Wildman–Crippen MR) is 90.5 cm³/mol. The molecule has 2 aliphatic heterocycles. The van der Waals surface area contributed by atoms with Gasteiger partial charge in [0.2, 0.25) is 0 Å². The molecule has 3 rings (SSSR count). The zero-order valence-electron chi connectivity index (χ0n) is 14.4. The first-order chi connectivity index (χ1) is 10.5. The van der Waals surface area contributed by atoms with Gasteiger partial charge in [0.1, 0.15) is 11.6 Å². The number of aryl methyl sites for hydroxylation is 2. The van der Waals surface area contributed by atoms with Crippen LogP contribution < -0.4 is 10.2 Å². The lowest BCUT2D eigenvalue weighted by Gasteiger charge is -2.45. The smallest absolute Gasteiger partial charge is 0.135 e. The van der Waals surface area contributed by atoms with Crippen molar-refractivity contribution in [2.24, 2.45) is 0 Å². The van der Waals surface area contributed by atoms with Crippen molar-refractivity contribution < 1.29 is 0 Å². The fourth-order valence-corrected chi connectivity index (χ4v) is 3.96. The summed E-state index contributed by atoms with van der Waals surface area (Å²) >= 11 is 0. The molecule has 1 aromatic heterocycles. The number of piperidine rings is 1. The molecule has 122 valence electrons. The van der Waals surface area contributed by atoms with Crippen molar-refractivity contribution in [1.82, 2.24) is 20.2 Å². The molecule has 0 aliphatic carbocycles. The molecule has 0 atom stereocenters. The van der Waals surface area contributed by atoms with Crippen molar-refractivity contribution in [1.29, 1.82) is 0 Å². The normalized spacial score (nSPS) is 22.8. The standard InChI is InChI=1S/C17H29N5/c1-13-14(2)19-15(3)20-16(13)22-11-5-10-21(4)17(12-22)6-8-18-9-7-17/h18H,5-12H2,1-4H3. The number of nitrogens with zero attached hydrogens (tertiary/aromatic N) is 4. The van der Waals surface area contributed by atoms with E-state index in [1.165, 1.54) is 31.4 Å². The van der Waals surface area contributed by atoms with Gasteiger partial charge in [-0.1, -0.05) is 0 Å². The van der Waals surface area contributed by atoms with Crippen molar-refractivity contribution in [2.75, 3.05) is 44.7 Å². The molecule has 0 radical (unpaired) electrons. The Kier molecular flexibility index (Phi) is 4.37. The molecule has 1 spiro atoms. The van der Waals surface area contributed by atoms with Crippen molar-refractivity contribution in [3.05, 3.63) is 17.1 Å². The van der Waals surface area contributed by atoms with Gasteiger partial charge in [0.15, 0.2) is 0 Å². The molecule has 22 heavy (non-hydrogen) atoms. The lowest BCUT2D eigenvalue weighted by atomic mass is 9.86. The Bertz CT molecular complexity index is 536. The first kappa shape index (κ1) is 15.7. The van der Waals surface area contributed by atoms with Gasteiger partial charge in [0.05, 0.1) is 0 Å². The van der Waals surface area contributed by atoms with Gasteiger partial charge in [-0.2, -0.15) is 0 Å². The van der Waals surface area contributed by atoms with Crippen molar-refractivity contribution in [2.45, 2.75) is 45.6 Å². The maximum atomic E-state index is 4.78. The number of anilines is 1. The molecule has 5 nitrogen and oxygen atoms in total. The number of nitrogens with one attached hydrogen (secondary N) is 1. The highest BCUT2D eigenvalue weighted by molar-refractivity contribution is 5.49. The monoisotopic (exact) mass is 303 g/mol. The number of hydrogen-bond acceptors (Lipinski definition) is 5. The Morgan fingerprint density at radius 2 is 1.77 bits per heavy atom. The summed E-state index contributed by atoms with van der Waals surface area (Å²) in [5, 5.41) is 3.51. The van der Waals surface area contributed by atoms with E-state index in [9.17, 15) is 0 Å². The predicted octanol–water partition coefficient (Wildman–Crippen LogP) is 1.67. The molecular formula is C17H29N5. The second kappa shape index (κ2) is 6.13. The summed E-state index contributed by atoms with van der Waals surface area (Å²) in [4.78, 5) is 14.4. The quantitative estimate of drug-likeness (QED) is 0.855. The summed E-state index contributed by atoms with van der Waals surface area (Å²) in [6, 6.07) is 0. The molecule has 0 saturated carbocycles. The third-order valence-electron chi connectivity index (χ3n) is 5.53. The fourth-order valence-electron chi connectivity index (χ4n) is 3.96. The average Bonchev–Trinajstić information content (AvgIpc) is 2.64. The molecule has 2 fully saturated rings. The average molecular weight is 303 g/mol. The van der Waals surface area contributed by atoms with Gasteiger partial charge >= 0.3 is 0 Å². The Balaban J connectivity index is 1.94. The minimum atomic E-state index is 0.293. The maximum absolute atomic E-state index is 4.78. The van der Waals surface area contributed by atoms with Gasteiger partial charge in [-0.15, -0.1) is 0 Å². The van der Waals surface area contributed by atoms with E-state index in [4.69, 9.17) is 4.98 Å². The zero-order valence-corrected chi connectivity index (χ0v) is 14.4. The van der Waals surface area contributed by atoms with Gasteiger partial charge in [-0.05, 0) is 60.2 Å². The molecule has 0 bridgehead atoms. The lowest BCUT2D eigenvalue weighted by Crippen LogP contribution is -2.57. The Hall–Kier alpha value is -1.20. The van der Waals surface area contributed by atoms with Crippen LogP contribution in [0.2, 0.25) is 0 Å². The zero-order chi connectivity index (χ0) is 15.7. The summed E-state index contributed by atoms with van der Waals surface area (Å²) in [7, 11) is 2.30. The third kappa shape index (κ3) is 2.84. The van der Waals surface area contributed by atoms with E-state index in [1.54, 1.807) is 0 Å². The molecule has 1 aromatic rings. The fraction of sp³-hybridized carbons (Fsp3) is 0.765. The van der Waals surface area contributed by atoms with Crippen molar-refractivity contribution in [3.8, 4) is 0 Å².